The van der Waals surface area contributed by atoms with Crippen molar-refractivity contribution in [2.24, 2.45) is 0 Å². The highest BCUT2D eigenvalue weighted by Gasteiger charge is 2.24. The van der Waals surface area contributed by atoms with Crippen molar-refractivity contribution in [2.45, 2.75) is 25.8 Å². The minimum absolute atomic E-state index is 0.217. The average Bonchev–Trinajstić information content (AvgIpc) is 2.38. The molecule has 2 rings (SSSR count). The van der Waals surface area contributed by atoms with Gasteiger partial charge in [-0.1, -0.05) is 28.9 Å². The molecule has 0 bridgehead atoms. The molecule has 98 valence electrons. The lowest BCUT2D eigenvalue weighted by atomic mass is 10.0. The summed E-state index contributed by atoms with van der Waals surface area (Å²) in [5, 5.41) is 3.29. The Labute approximate surface area is 115 Å². The van der Waals surface area contributed by atoms with Crippen LogP contribution in [0.5, 0.6) is 0 Å². The average molecular weight is 314 g/mol. The maximum Gasteiger partial charge on any atom is 0.129 e. The van der Waals surface area contributed by atoms with Crippen LogP contribution in [0.15, 0.2) is 34.5 Å². The molecule has 1 atom stereocenters. The van der Waals surface area contributed by atoms with E-state index in [9.17, 15) is 4.39 Å². The monoisotopic (exact) mass is 313 g/mol. The highest BCUT2D eigenvalue weighted by molar-refractivity contribution is 9.10. The van der Waals surface area contributed by atoms with Gasteiger partial charge in [-0.25, -0.2) is 4.39 Å². The van der Waals surface area contributed by atoms with Gasteiger partial charge in [-0.2, -0.15) is 0 Å². The van der Waals surface area contributed by atoms with Gasteiger partial charge in [-0.3, -0.25) is 0 Å². The van der Waals surface area contributed by atoms with Gasteiger partial charge in [0.15, 0.2) is 0 Å². The Morgan fingerprint density at radius 3 is 2.94 bits per heavy atom. The third-order valence-electron chi connectivity index (χ3n) is 2.94. The molecule has 1 aliphatic heterocycles. The van der Waals surface area contributed by atoms with E-state index in [0.29, 0.717) is 12.2 Å². The summed E-state index contributed by atoms with van der Waals surface area (Å²) < 4.78 is 20.5. The molecule has 0 aromatic heterocycles. The maximum absolute atomic E-state index is 14.0. The lowest BCUT2D eigenvalue weighted by Gasteiger charge is -2.25. The second kappa shape index (κ2) is 6.34. The first-order chi connectivity index (χ1) is 8.74. The Hall–Kier alpha value is -0.870. The first-order valence-electron chi connectivity index (χ1n) is 6.24. The Balaban J connectivity index is 2.37. The van der Waals surface area contributed by atoms with Crippen LogP contribution in [0.3, 0.4) is 0 Å². The molecule has 0 fully saturated rings. The number of hydrogen-bond acceptors (Lipinski definition) is 2. The fraction of sp³-hybridized carbons (Fsp3) is 0.429. The zero-order valence-corrected chi connectivity index (χ0v) is 12.0. The van der Waals surface area contributed by atoms with Crippen LogP contribution < -0.4 is 5.32 Å². The van der Waals surface area contributed by atoms with Crippen LogP contribution >= 0.6 is 15.9 Å². The van der Waals surface area contributed by atoms with E-state index >= 15 is 0 Å². The quantitative estimate of drug-likeness (QED) is 0.909. The van der Waals surface area contributed by atoms with Gasteiger partial charge in [0, 0.05) is 10.0 Å². The van der Waals surface area contributed by atoms with Crippen molar-refractivity contribution in [3.05, 3.63) is 45.9 Å². The number of halogens is 2. The molecule has 1 aliphatic rings. The van der Waals surface area contributed by atoms with Crippen LogP contribution in [-0.2, 0) is 4.74 Å². The molecule has 0 saturated heterocycles. The van der Waals surface area contributed by atoms with Gasteiger partial charge in [0.1, 0.15) is 11.6 Å². The van der Waals surface area contributed by atoms with Gasteiger partial charge in [-0.05, 0) is 37.6 Å². The topological polar surface area (TPSA) is 21.3 Å². The zero-order chi connectivity index (χ0) is 13.0. The van der Waals surface area contributed by atoms with E-state index in [0.717, 1.165) is 29.6 Å². The van der Waals surface area contributed by atoms with Gasteiger partial charge in [0.25, 0.3) is 0 Å². The summed E-state index contributed by atoms with van der Waals surface area (Å²) in [5.41, 5.74) is 0.618. The van der Waals surface area contributed by atoms with Crippen LogP contribution in [0.1, 0.15) is 31.4 Å². The van der Waals surface area contributed by atoms with Crippen LogP contribution in [-0.4, -0.2) is 13.2 Å². The molecule has 0 aliphatic carbocycles. The molecule has 1 N–H and O–H groups in total. The van der Waals surface area contributed by atoms with Crippen molar-refractivity contribution in [3.8, 4) is 0 Å². The van der Waals surface area contributed by atoms with E-state index in [4.69, 9.17) is 4.74 Å². The smallest absolute Gasteiger partial charge is 0.129 e. The minimum Gasteiger partial charge on any atom is -0.496 e. The molecule has 0 spiro atoms. The summed E-state index contributed by atoms with van der Waals surface area (Å²) in [6, 6.07) is 4.81. The first kappa shape index (κ1) is 13.6. The number of benzene rings is 1. The molecule has 1 unspecified atom stereocenters. The fourth-order valence-corrected chi connectivity index (χ4v) is 2.68. The van der Waals surface area contributed by atoms with Crippen molar-refractivity contribution in [3.63, 3.8) is 0 Å². The van der Waals surface area contributed by atoms with Crippen LogP contribution in [0, 0.1) is 5.82 Å². The number of allylic oxidation sites excluding steroid dienone is 1. The van der Waals surface area contributed by atoms with E-state index in [1.807, 2.05) is 13.0 Å². The van der Waals surface area contributed by atoms with E-state index in [1.54, 1.807) is 6.07 Å². The molecule has 2 nitrogen and oxygen atoms in total. The highest BCUT2D eigenvalue weighted by Crippen LogP contribution is 2.32. The van der Waals surface area contributed by atoms with Crippen LogP contribution in [0.25, 0.3) is 0 Å². The molecule has 0 saturated carbocycles. The third kappa shape index (κ3) is 2.93. The number of rotatable bonds is 4. The molecule has 1 aromatic carbocycles. The van der Waals surface area contributed by atoms with Crippen molar-refractivity contribution < 1.29 is 9.13 Å². The van der Waals surface area contributed by atoms with Crippen LogP contribution in [0.4, 0.5) is 4.39 Å². The molecular weight excluding hydrogens is 297 g/mol. The molecule has 0 radical (unpaired) electrons. The number of ether oxygens (including phenoxy) is 1. The Kier molecular flexibility index (Phi) is 4.78. The molecule has 4 heteroatoms. The summed E-state index contributed by atoms with van der Waals surface area (Å²) in [5.74, 6) is 0.610. The second-order valence-corrected chi connectivity index (χ2v) is 5.08. The van der Waals surface area contributed by atoms with Crippen molar-refractivity contribution in [2.75, 3.05) is 13.2 Å². The summed E-state index contributed by atoms with van der Waals surface area (Å²) in [6.45, 7) is 3.47. The first-order valence-corrected chi connectivity index (χ1v) is 7.03. The molecule has 1 aromatic rings. The predicted molar refractivity (Wildman–Crippen MR) is 73.8 cm³/mol. The Morgan fingerprint density at radius 2 is 2.33 bits per heavy atom. The van der Waals surface area contributed by atoms with E-state index in [-0.39, 0.29) is 11.9 Å². The lowest BCUT2D eigenvalue weighted by molar-refractivity contribution is 0.167. The molecule has 1 heterocycles. The van der Waals surface area contributed by atoms with E-state index < -0.39 is 0 Å². The van der Waals surface area contributed by atoms with Gasteiger partial charge in [-0.15, -0.1) is 0 Å². The molecule has 18 heavy (non-hydrogen) atoms. The summed E-state index contributed by atoms with van der Waals surface area (Å²) in [7, 11) is 0. The second-order valence-electron chi connectivity index (χ2n) is 4.22. The Bertz CT molecular complexity index is 427. The van der Waals surface area contributed by atoms with Crippen molar-refractivity contribution in [1.29, 1.82) is 0 Å². The SMILES string of the molecule is CCNC(C1=CCCCO1)c1c(F)cccc1Br. The maximum atomic E-state index is 14.0. The van der Waals surface area contributed by atoms with Gasteiger partial charge in [0.2, 0.25) is 0 Å². The lowest BCUT2D eigenvalue weighted by Crippen LogP contribution is -2.26. The number of hydrogen-bond donors (Lipinski definition) is 1. The van der Waals surface area contributed by atoms with Crippen molar-refractivity contribution in [1.82, 2.24) is 5.32 Å². The summed E-state index contributed by atoms with van der Waals surface area (Å²) >= 11 is 3.42. The normalized spacial score (nSPS) is 16.9. The minimum atomic E-state index is -0.217. The largest absolute Gasteiger partial charge is 0.496 e. The number of nitrogens with one attached hydrogen (secondary N) is 1. The van der Waals surface area contributed by atoms with Gasteiger partial charge in [0.05, 0.1) is 12.6 Å². The summed E-state index contributed by atoms with van der Waals surface area (Å²) in [6.07, 6.45) is 4.07. The predicted octanol–water partition coefficient (Wildman–Crippen LogP) is 3.93. The standard InChI is InChI=1S/C14H17BrFNO/c1-2-17-14(12-8-3-4-9-18-12)13-10(15)6-5-7-11(13)16/h5-8,14,17H,2-4,9H2,1H3. The third-order valence-corrected chi connectivity index (χ3v) is 3.64. The summed E-state index contributed by atoms with van der Waals surface area (Å²) in [4.78, 5) is 0. The van der Waals surface area contributed by atoms with Crippen LogP contribution in [0.2, 0.25) is 0 Å². The molecular formula is C14H17BrFNO. The van der Waals surface area contributed by atoms with Crippen molar-refractivity contribution >= 4 is 15.9 Å². The molecule has 0 amide bonds. The number of likely N-dealkylation sites (N-methyl/N-ethyl adjacent to an activating group) is 1. The van der Waals surface area contributed by atoms with E-state index in [2.05, 4.69) is 27.3 Å². The Morgan fingerprint density at radius 1 is 1.50 bits per heavy atom. The van der Waals surface area contributed by atoms with E-state index in [1.165, 1.54) is 6.07 Å². The van der Waals surface area contributed by atoms with Gasteiger partial charge < -0.3 is 10.1 Å². The zero-order valence-electron chi connectivity index (χ0n) is 10.4. The van der Waals surface area contributed by atoms with Gasteiger partial charge >= 0.3 is 0 Å². The highest BCUT2D eigenvalue weighted by atomic mass is 79.9. The fourth-order valence-electron chi connectivity index (χ4n) is 2.11.